The molecular weight excluding hydrogens is 380 g/mol. The SMILES string of the molecule is CCN(CC)CCOCCOc1ccc(-c2nc(Cl)sc2CC(C)C)cc1. The normalized spacial score (nSPS) is 11.5. The van der Waals surface area contributed by atoms with E-state index in [4.69, 9.17) is 21.1 Å². The number of halogens is 1. The molecule has 0 atom stereocenters. The molecule has 0 aliphatic heterocycles. The number of aromatic nitrogens is 1. The van der Waals surface area contributed by atoms with Crippen molar-refractivity contribution in [2.75, 3.05) is 39.5 Å². The van der Waals surface area contributed by atoms with Crippen LogP contribution in [0.3, 0.4) is 0 Å². The number of nitrogens with zero attached hydrogens (tertiary/aromatic N) is 2. The van der Waals surface area contributed by atoms with E-state index in [0.29, 0.717) is 23.6 Å². The molecule has 0 fully saturated rings. The Bertz CT molecular complexity index is 669. The van der Waals surface area contributed by atoms with E-state index in [1.54, 1.807) is 11.3 Å². The van der Waals surface area contributed by atoms with E-state index < -0.39 is 0 Å². The van der Waals surface area contributed by atoms with Gasteiger partial charge in [0, 0.05) is 17.0 Å². The predicted molar refractivity (Wildman–Crippen MR) is 115 cm³/mol. The number of thiazole rings is 1. The Morgan fingerprint density at radius 3 is 2.41 bits per heavy atom. The minimum absolute atomic E-state index is 0.554. The molecule has 150 valence electrons. The van der Waals surface area contributed by atoms with Crippen LogP contribution >= 0.6 is 22.9 Å². The number of rotatable bonds is 12. The third-order valence-electron chi connectivity index (χ3n) is 4.34. The fraction of sp³-hybridized carbons (Fsp3) is 0.571. The number of benzene rings is 1. The summed E-state index contributed by atoms with van der Waals surface area (Å²) in [6, 6.07) is 8.06. The van der Waals surface area contributed by atoms with Gasteiger partial charge in [0.25, 0.3) is 0 Å². The lowest BCUT2D eigenvalue weighted by Crippen LogP contribution is -2.27. The van der Waals surface area contributed by atoms with Crippen LogP contribution in [-0.4, -0.2) is 49.3 Å². The third kappa shape index (κ3) is 7.41. The molecule has 0 amide bonds. The van der Waals surface area contributed by atoms with E-state index >= 15 is 0 Å². The zero-order valence-electron chi connectivity index (χ0n) is 16.8. The van der Waals surface area contributed by atoms with Gasteiger partial charge < -0.3 is 14.4 Å². The maximum Gasteiger partial charge on any atom is 0.184 e. The molecule has 0 saturated heterocycles. The number of hydrogen-bond acceptors (Lipinski definition) is 5. The second-order valence-electron chi connectivity index (χ2n) is 6.85. The Morgan fingerprint density at radius 2 is 1.78 bits per heavy atom. The molecule has 4 nitrogen and oxygen atoms in total. The fourth-order valence-electron chi connectivity index (χ4n) is 2.82. The predicted octanol–water partition coefficient (Wildman–Crippen LogP) is 5.40. The first kappa shape index (κ1) is 22.2. The standard InChI is InChI=1S/C21H31ClN2O2S/c1-5-24(6-2)11-12-25-13-14-26-18-9-7-17(8-10-18)20-19(15-16(3)4)27-21(22)23-20/h7-10,16H,5-6,11-15H2,1-4H3. The molecule has 27 heavy (non-hydrogen) atoms. The smallest absolute Gasteiger partial charge is 0.184 e. The minimum atomic E-state index is 0.554. The lowest BCUT2D eigenvalue weighted by atomic mass is 10.0. The van der Waals surface area contributed by atoms with Crippen LogP contribution in [0.4, 0.5) is 0 Å². The average Bonchev–Trinajstić information content (AvgIpc) is 3.01. The van der Waals surface area contributed by atoms with Crippen molar-refractivity contribution in [1.29, 1.82) is 0 Å². The van der Waals surface area contributed by atoms with Crippen LogP contribution in [0.15, 0.2) is 24.3 Å². The van der Waals surface area contributed by atoms with Crippen molar-refractivity contribution in [2.24, 2.45) is 5.92 Å². The Labute approximate surface area is 172 Å². The summed E-state index contributed by atoms with van der Waals surface area (Å²) < 4.78 is 12.0. The molecule has 1 aromatic heterocycles. The number of hydrogen-bond donors (Lipinski definition) is 0. The lowest BCUT2D eigenvalue weighted by molar-refractivity contribution is 0.0819. The molecule has 1 aromatic carbocycles. The van der Waals surface area contributed by atoms with Gasteiger partial charge in [-0.05, 0) is 49.7 Å². The molecule has 2 rings (SSSR count). The van der Waals surface area contributed by atoms with Gasteiger partial charge in [-0.3, -0.25) is 0 Å². The molecule has 6 heteroatoms. The van der Waals surface area contributed by atoms with Crippen molar-refractivity contribution >= 4 is 22.9 Å². The summed E-state index contributed by atoms with van der Waals surface area (Å²) in [4.78, 5) is 8.09. The first-order valence-corrected chi connectivity index (χ1v) is 10.9. The van der Waals surface area contributed by atoms with Gasteiger partial charge >= 0.3 is 0 Å². The van der Waals surface area contributed by atoms with Crippen LogP contribution in [0, 0.1) is 5.92 Å². The van der Waals surface area contributed by atoms with Crippen LogP contribution in [0.2, 0.25) is 4.47 Å². The van der Waals surface area contributed by atoms with E-state index in [1.165, 1.54) is 4.88 Å². The van der Waals surface area contributed by atoms with Crippen molar-refractivity contribution in [3.63, 3.8) is 0 Å². The van der Waals surface area contributed by atoms with Crippen molar-refractivity contribution in [1.82, 2.24) is 9.88 Å². The summed E-state index contributed by atoms with van der Waals surface area (Å²) >= 11 is 7.72. The van der Waals surface area contributed by atoms with Gasteiger partial charge in [0.15, 0.2) is 4.47 Å². The highest BCUT2D eigenvalue weighted by Crippen LogP contribution is 2.33. The van der Waals surface area contributed by atoms with Crippen LogP contribution in [-0.2, 0) is 11.2 Å². The molecule has 0 N–H and O–H groups in total. The first-order valence-electron chi connectivity index (χ1n) is 9.72. The third-order valence-corrected chi connectivity index (χ3v) is 5.52. The number of ether oxygens (including phenoxy) is 2. The zero-order valence-corrected chi connectivity index (χ0v) is 18.4. The molecule has 0 spiro atoms. The van der Waals surface area contributed by atoms with E-state index in [-0.39, 0.29) is 0 Å². The molecule has 1 heterocycles. The highest BCUT2D eigenvalue weighted by atomic mass is 35.5. The summed E-state index contributed by atoms with van der Waals surface area (Å²) in [5, 5.41) is 0. The summed E-state index contributed by atoms with van der Waals surface area (Å²) in [6.07, 6.45) is 0.989. The quantitative estimate of drug-likeness (QED) is 0.439. The zero-order chi connectivity index (χ0) is 19.6. The van der Waals surface area contributed by atoms with Crippen LogP contribution in [0.5, 0.6) is 5.75 Å². The Balaban J connectivity index is 1.80. The topological polar surface area (TPSA) is 34.6 Å². The van der Waals surface area contributed by atoms with Crippen molar-refractivity contribution in [3.05, 3.63) is 33.6 Å². The molecule has 0 aliphatic rings. The van der Waals surface area contributed by atoms with Gasteiger partial charge in [-0.2, -0.15) is 0 Å². The second kappa shape index (κ2) is 11.6. The summed E-state index contributed by atoms with van der Waals surface area (Å²) in [7, 11) is 0. The van der Waals surface area contributed by atoms with Gasteiger partial charge in [0.2, 0.25) is 0 Å². The largest absolute Gasteiger partial charge is 0.491 e. The number of likely N-dealkylation sites (N-methyl/N-ethyl adjacent to an activating group) is 1. The monoisotopic (exact) mass is 410 g/mol. The molecule has 0 bridgehead atoms. The fourth-order valence-corrected chi connectivity index (χ4v) is 4.20. The summed E-state index contributed by atoms with van der Waals surface area (Å²) in [5.74, 6) is 1.42. The van der Waals surface area contributed by atoms with Gasteiger partial charge in [-0.1, -0.05) is 39.3 Å². The van der Waals surface area contributed by atoms with Crippen LogP contribution in [0.1, 0.15) is 32.6 Å². The highest BCUT2D eigenvalue weighted by molar-refractivity contribution is 7.16. The van der Waals surface area contributed by atoms with E-state index in [0.717, 1.165) is 49.7 Å². The van der Waals surface area contributed by atoms with Crippen molar-refractivity contribution < 1.29 is 9.47 Å². The second-order valence-corrected chi connectivity index (χ2v) is 8.51. The van der Waals surface area contributed by atoms with Crippen molar-refractivity contribution in [3.8, 4) is 17.0 Å². The molecule has 0 saturated carbocycles. The average molecular weight is 411 g/mol. The van der Waals surface area contributed by atoms with Gasteiger partial charge in [-0.25, -0.2) is 4.98 Å². The van der Waals surface area contributed by atoms with Gasteiger partial charge in [-0.15, -0.1) is 11.3 Å². The first-order chi connectivity index (χ1) is 13.0. The molecule has 0 unspecified atom stereocenters. The summed E-state index contributed by atoms with van der Waals surface area (Å²) in [5.41, 5.74) is 2.07. The van der Waals surface area contributed by atoms with Gasteiger partial charge in [0.1, 0.15) is 12.4 Å². The summed E-state index contributed by atoms with van der Waals surface area (Å²) in [6.45, 7) is 13.7. The van der Waals surface area contributed by atoms with Crippen LogP contribution < -0.4 is 4.74 Å². The van der Waals surface area contributed by atoms with Gasteiger partial charge in [0.05, 0.1) is 18.9 Å². The Kier molecular flexibility index (Phi) is 9.56. The molecule has 2 aromatic rings. The van der Waals surface area contributed by atoms with E-state index in [2.05, 4.69) is 37.6 Å². The minimum Gasteiger partial charge on any atom is -0.491 e. The van der Waals surface area contributed by atoms with E-state index in [1.807, 2.05) is 24.3 Å². The Hall–Kier alpha value is -1.14. The maximum atomic E-state index is 6.14. The Morgan fingerprint density at radius 1 is 1.07 bits per heavy atom. The molecule has 0 aliphatic carbocycles. The van der Waals surface area contributed by atoms with E-state index in [9.17, 15) is 0 Å². The molecular formula is C21H31ClN2O2S. The maximum absolute atomic E-state index is 6.14. The van der Waals surface area contributed by atoms with Crippen LogP contribution in [0.25, 0.3) is 11.3 Å². The highest BCUT2D eigenvalue weighted by Gasteiger charge is 2.13. The lowest BCUT2D eigenvalue weighted by Gasteiger charge is -2.17. The molecule has 0 radical (unpaired) electrons. The van der Waals surface area contributed by atoms with Crippen molar-refractivity contribution in [2.45, 2.75) is 34.1 Å².